The molecule has 2 N–H and O–H groups in total. The molecule has 0 spiro atoms. The summed E-state index contributed by atoms with van der Waals surface area (Å²) < 4.78 is 5.20. The van der Waals surface area contributed by atoms with Gasteiger partial charge in [-0.1, -0.05) is 12.1 Å². The molecule has 1 aliphatic rings. The molecule has 0 aliphatic carbocycles. The summed E-state index contributed by atoms with van der Waals surface area (Å²) in [6.07, 6.45) is 0. The average molecular weight is 443 g/mol. The minimum Gasteiger partial charge on any atom is -0.504 e. The van der Waals surface area contributed by atoms with E-state index in [9.17, 15) is 19.8 Å². The summed E-state index contributed by atoms with van der Waals surface area (Å²) in [4.78, 5) is 33.4. The van der Waals surface area contributed by atoms with E-state index >= 15 is 0 Å². The maximum Gasteiger partial charge on any atom is 0.296 e. The molecule has 0 saturated heterocycles. The molecule has 9 heteroatoms. The number of phenols is 1. The van der Waals surface area contributed by atoms with E-state index in [4.69, 9.17) is 4.74 Å². The van der Waals surface area contributed by atoms with Crippen molar-refractivity contribution in [3.63, 3.8) is 0 Å². The predicted octanol–water partition coefficient (Wildman–Crippen LogP) is 4.32. The Morgan fingerprint density at radius 1 is 1.23 bits per heavy atom. The van der Waals surface area contributed by atoms with Crippen molar-refractivity contribution in [3.8, 4) is 11.5 Å². The molecule has 2 aromatic heterocycles. The maximum atomic E-state index is 13.2. The first-order valence-electron chi connectivity index (χ1n) is 8.99. The third-order valence-corrected chi connectivity index (χ3v) is 6.88. The highest BCUT2D eigenvalue weighted by Gasteiger charge is 2.46. The second-order valence-electron chi connectivity index (χ2n) is 6.72. The zero-order valence-electron chi connectivity index (χ0n) is 16.4. The maximum absolute atomic E-state index is 13.2. The van der Waals surface area contributed by atoms with Crippen molar-refractivity contribution in [2.24, 2.45) is 0 Å². The normalized spacial score (nSPS) is 16.4. The van der Waals surface area contributed by atoms with Gasteiger partial charge in [0, 0.05) is 4.88 Å². The quantitative estimate of drug-likeness (QED) is 0.571. The molecule has 3 aromatic rings. The number of amides is 1. The van der Waals surface area contributed by atoms with Crippen molar-refractivity contribution in [2.45, 2.75) is 19.9 Å². The molecule has 1 amide bonds. The van der Waals surface area contributed by atoms with E-state index in [0.29, 0.717) is 15.6 Å². The zero-order chi connectivity index (χ0) is 21.6. The molecule has 3 heterocycles. The van der Waals surface area contributed by atoms with Gasteiger partial charge in [-0.15, -0.1) is 22.7 Å². The monoisotopic (exact) mass is 442 g/mol. The number of aliphatic hydroxyl groups excluding tert-OH is 1. The first kappa shape index (κ1) is 20.1. The number of benzene rings is 1. The molecule has 7 nitrogen and oxygen atoms in total. The number of Topliss-reactive ketones (excluding diaryl/α,β-unsaturated/α-hetero) is 1. The number of nitrogens with zero attached hydrogens (tertiary/aromatic N) is 2. The zero-order valence-corrected chi connectivity index (χ0v) is 18.0. The van der Waals surface area contributed by atoms with Crippen molar-refractivity contribution >= 4 is 39.5 Å². The van der Waals surface area contributed by atoms with Gasteiger partial charge in [0.25, 0.3) is 5.91 Å². The van der Waals surface area contributed by atoms with Crippen molar-refractivity contribution < 1.29 is 24.5 Å². The van der Waals surface area contributed by atoms with E-state index in [1.165, 1.54) is 40.7 Å². The summed E-state index contributed by atoms with van der Waals surface area (Å²) in [5, 5.41) is 22.8. The number of aryl methyl sites for hydroxylation is 2. The molecule has 0 saturated carbocycles. The standard InChI is InChI=1S/C21H18N2O5S2/c1-10-11(2)30-21(22-10)23-17(12-6-7-13(24)14(9-12)28-3)16(19(26)20(23)27)18(25)15-5-4-8-29-15/h4-9,17,24,26H,1-3H3/t17-/m1/s1. The molecule has 1 atom stereocenters. The fourth-order valence-electron chi connectivity index (χ4n) is 3.31. The number of carbonyl (C=O) groups is 2. The third kappa shape index (κ3) is 3.16. The number of aromatic hydroxyl groups is 1. The number of hydrogen-bond acceptors (Lipinski definition) is 8. The Bertz CT molecular complexity index is 1160. The number of aliphatic hydroxyl groups is 1. The van der Waals surface area contributed by atoms with Crippen LogP contribution >= 0.6 is 22.7 Å². The Morgan fingerprint density at radius 2 is 2.00 bits per heavy atom. The van der Waals surface area contributed by atoms with E-state index < -0.39 is 23.5 Å². The number of rotatable bonds is 5. The SMILES string of the molecule is COc1cc([C@@H]2C(C(=O)c3cccs3)=C(O)C(=O)N2c2nc(C)c(C)s2)ccc1O. The lowest BCUT2D eigenvalue weighted by Gasteiger charge is -2.25. The Hall–Kier alpha value is -3.17. The second-order valence-corrected chi connectivity index (χ2v) is 8.85. The molecule has 1 aliphatic heterocycles. The summed E-state index contributed by atoms with van der Waals surface area (Å²) in [5.41, 5.74) is 1.25. The van der Waals surface area contributed by atoms with Crippen LogP contribution in [-0.2, 0) is 4.79 Å². The highest BCUT2D eigenvalue weighted by Crippen LogP contribution is 2.45. The number of carbonyl (C=O) groups excluding carboxylic acids is 2. The summed E-state index contributed by atoms with van der Waals surface area (Å²) in [6.45, 7) is 3.72. The summed E-state index contributed by atoms with van der Waals surface area (Å²) in [6, 6.07) is 7.04. The van der Waals surface area contributed by atoms with Gasteiger partial charge in [0.1, 0.15) is 0 Å². The van der Waals surface area contributed by atoms with Gasteiger partial charge in [0.2, 0.25) is 5.78 Å². The van der Waals surface area contributed by atoms with Crippen molar-refractivity contribution in [2.75, 3.05) is 12.0 Å². The summed E-state index contributed by atoms with van der Waals surface area (Å²) >= 11 is 2.54. The fraction of sp³-hybridized carbons (Fsp3) is 0.190. The molecule has 4 rings (SSSR count). The average Bonchev–Trinajstić information content (AvgIpc) is 3.43. The van der Waals surface area contributed by atoms with E-state index in [-0.39, 0.29) is 17.1 Å². The molecule has 0 radical (unpaired) electrons. The number of phenolic OH excluding ortho intramolecular Hbond substituents is 1. The number of thiazole rings is 1. The highest BCUT2D eigenvalue weighted by molar-refractivity contribution is 7.16. The number of ketones is 1. The highest BCUT2D eigenvalue weighted by atomic mass is 32.1. The summed E-state index contributed by atoms with van der Waals surface area (Å²) in [5.74, 6) is -1.60. The van der Waals surface area contributed by atoms with E-state index in [1.54, 1.807) is 29.6 Å². The van der Waals surface area contributed by atoms with Crippen molar-refractivity contribution in [1.82, 2.24) is 4.98 Å². The molecule has 30 heavy (non-hydrogen) atoms. The number of anilines is 1. The van der Waals surface area contributed by atoms with Crippen molar-refractivity contribution in [1.29, 1.82) is 0 Å². The Morgan fingerprint density at radius 3 is 2.60 bits per heavy atom. The lowest BCUT2D eigenvalue weighted by molar-refractivity contribution is -0.117. The van der Waals surface area contributed by atoms with Gasteiger partial charge in [0.05, 0.1) is 29.3 Å². The minimum atomic E-state index is -0.911. The number of methoxy groups -OCH3 is 1. The second kappa shape index (κ2) is 7.58. The Kier molecular flexibility index (Phi) is 5.08. The molecule has 0 bridgehead atoms. The number of thiophene rings is 1. The van der Waals surface area contributed by atoms with Gasteiger partial charge >= 0.3 is 0 Å². The first-order chi connectivity index (χ1) is 14.3. The Balaban J connectivity index is 1.91. The van der Waals surface area contributed by atoms with Crippen LogP contribution in [-0.4, -0.2) is 34.0 Å². The lowest BCUT2D eigenvalue weighted by atomic mass is 9.95. The number of hydrogen-bond donors (Lipinski definition) is 2. The van der Waals surface area contributed by atoms with Gasteiger partial charge < -0.3 is 14.9 Å². The summed E-state index contributed by atoms with van der Waals surface area (Å²) in [7, 11) is 1.41. The molecule has 1 aromatic carbocycles. The van der Waals surface area contributed by atoms with Crippen LogP contribution in [0.1, 0.15) is 31.8 Å². The van der Waals surface area contributed by atoms with Crippen molar-refractivity contribution in [3.05, 3.63) is 68.1 Å². The molecular weight excluding hydrogens is 424 g/mol. The largest absolute Gasteiger partial charge is 0.504 e. The van der Waals surface area contributed by atoms with Crippen LogP contribution in [0.15, 0.2) is 47.0 Å². The number of ether oxygens (including phenoxy) is 1. The van der Waals surface area contributed by atoms with E-state index in [2.05, 4.69) is 4.98 Å². The van der Waals surface area contributed by atoms with Crippen LogP contribution in [0, 0.1) is 13.8 Å². The molecule has 0 unspecified atom stereocenters. The van der Waals surface area contributed by atoms with Crippen LogP contribution in [0.2, 0.25) is 0 Å². The van der Waals surface area contributed by atoms with Gasteiger partial charge in [-0.05, 0) is 43.0 Å². The fourth-order valence-corrected chi connectivity index (χ4v) is 4.93. The van der Waals surface area contributed by atoms with Gasteiger partial charge in [-0.2, -0.15) is 0 Å². The van der Waals surface area contributed by atoms with Crippen LogP contribution in [0.3, 0.4) is 0 Å². The van der Waals surface area contributed by atoms with Gasteiger partial charge in [-0.25, -0.2) is 4.98 Å². The first-order valence-corrected chi connectivity index (χ1v) is 10.7. The van der Waals surface area contributed by atoms with E-state index in [0.717, 1.165) is 10.6 Å². The molecular formula is C21H18N2O5S2. The van der Waals surface area contributed by atoms with Crippen LogP contribution in [0.25, 0.3) is 0 Å². The number of aromatic nitrogens is 1. The van der Waals surface area contributed by atoms with Crippen LogP contribution < -0.4 is 9.64 Å². The topological polar surface area (TPSA) is 100.0 Å². The molecule has 154 valence electrons. The third-order valence-electron chi connectivity index (χ3n) is 4.94. The van der Waals surface area contributed by atoms with Crippen LogP contribution in [0.5, 0.6) is 11.5 Å². The van der Waals surface area contributed by atoms with Gasteiger partial charge in [-0.3, -0.25) is 14.5 Å². The molecule has 0 fully saturated rings. The Labute approximate surface area is 180 Å². The lowest BCUT2D eigenvalue weighted by Crippen LogP contribution is -2.31. The predicted molar refractivity (Wildman–Crippen MR) is 115 cm³/mol. The minimum absolute atomic E-state index is 0.0271. The van der Waals surface area contributed by atoms with Gasteiger partial charge in [0.15, 0.2) is 22.4 Å². The van der Waals surface area contributed by atoms with Crippen LogP contribution in [0.4, 0.5) is 5.13 Å². The smallest absolute Gasteiger partial charge is 0.296 e. The van der Waals surface area contributed by atoms with E-state index in [1.807, 2.05) is 13.8 Å².